The molecule has 14 heavy (non-hydrogen) atoms. The van der Waals surface area contributed by atoms with Crippen LogP contribution in [0.1, 0.15) is 39.0 Å². The van der Waals surface area contributed by atoms with Gasteiger partial charge in [0.1, 0.15) is 0 Å². The number of hydrogen-bond acceptors (Lipinski definition) is 2. The van der Waals surface area contributed by atoms with Crippen molar-refractivity contribution in [2.75, 3.05) is 20.1 Å². The SMILES string of the molecule is CCC1(CNC(=O)CCNC)CCC1. The standard InChI is InChI=1S/C11H22N2O/c1-3-11(6-4-7-11)9-13-10(14)5-8-12-2/h12H,3-9H2,1-2H3,(H,13,14). The molecule has 0 aromatic carbocycles. The van der Waals surface area contributed by atoms with Gasteiger partial charge in [0.05, 0.1) is 0 Å². The molecule has 0 atom stereocenters. The normalized spacial score (nSPS) is 18.7. The van der Waals surface area contributed by atoms with Crippen molar-refractivity contribution in [2.24, 2.45) is 5.41 Å². The van der Waals surface area contributed by atoms with E-state index in [0.29, 0.717) is 11.8 Å². The summed E-state index contributed by atoms with van der Waals surface area (Å²) in [5.74, 6) is 0.180. The van der Waals surface area contributed by atoms with Crippen molar-refractivity contribution in [3.63, 3.8) is 0 Å². The molecular formula is C11H22N2O. The van der Waals surface area contributed by atoms with Crippen LogP contribution in [0.25, 0.3) is 0 Å². The average Bonchev–Trinajstić information content (AvgIpc) is 2.14. The van der Waals surface area contributed by atoms with Gasteiger partial charge in [-0.25, -0.2) is 0 Å². The minimum Gasteiger partial charge on any atom is -0.356 e. The number of amides is 1. The maximum absolute atomic E-state index is 11.4. The molecule has 2 N–H and O–H groups in total. The predicted octanol–water partition coefficient (Wildman–Crippen LogP) is 1.29. The zero-order chi connectivity index (χ0) is 10.4. The van der Waals surface area contributed by atoms with Gasteiger partial charge in [0, 0.05) is 19.5 Å². The molecule has 3 heteroatoms. The monoisotopic (exact) mass is 198 g/mol. The van der Waals surface area contributed by atoms with Crippen LogP contribution in [0.2, 0.25) is 0 Å². The highest BCUT2D eigenvalue weighted by Gasteiger charge is 2.34. The molecule has 0 spiro atoms. The van der Waals surface area contributed by atoms with Gasteiger partial charge in [-0.1, -0.05) is 13.3 Å². The first-order chi connectivity index (χ1) is 6.72. The summed E-state index contributed by atoms with van der Waals surface area (Å²) in [6.07, 6.45) is 5.70. The van der Waals surface area contributed by atoms with Crippen molar-refractivity contribution < 1.29 is 4.79 Å². The zero-order valence-corrected chi connectivity index (χ0v) is 9.36. The number of hydrogen-bond donors (Lipinski definition) is 2. The van der Waals surface area contributed by atoms with Crippen molar-refractivity contribution in [3.8, 4) is 0 Å². The highest BCUT2D eigenvalue weighted by molar-refractivity contribution is 5.76. The van der Waals surface area contributed by atoms with E-state index < -0.39 is 0 Å². The lowest BCUT2D eigenvalue weighted by atomic mass is 9.67. The summed E-state index contributed by atoms with van der Waals surface area (Å²) in [6, 6.07) is 0. The molecular weight excluding hydrogens is 176 g/mol. The summed E-state index contributed by atoms with van der Waals surface area (Å²) in [7, 11) is 1.87. The Morgan fingerprint density at radius 1 is 1.43 bits per heavy atom. The topological polar surface area (TPSA) is 41.1 Å². The van der Waals surface area contributed by atoms with Crippen molar-refractivity contribution in [2.45, 2.75) is 39.0 Å². The van der Waals surface area contributed by atoms with Crippen LogP contribution < -0.4 is 10.6 Å². The number of nitrogens with one attached hydrogen (secondary N) is 2. The molecule has 0 aromatic rings. The smallest absolute Gasteiger partial charge is 0.221 e. The van der Waals surface area contributed by atoms with E-state index in [4.69, 9.17) is 0 Å². The molecule has 1 amide bonds. The molecule has 0 bridgehead atoms. The molecule has 1 rings (SSSR count). The molecule has 1 saturated carbocycles. The van der Waals surface area contributed by atoms with E-state index in [1.54, 1.807) is 0 Å². The fourth-order valence-corrected chi connectivity index (χ4v) is 1.95. The van der Waals surface area contributed by atoms with E-state index in [0.717, 1.165) is 13.1 Å². The molecule has 0 unspecified atom stereocenters. The Balaban J connectivity index is 2.15. The van der Waals surface area contributed by atoms with Crippen LogP contribution in [0, 0.1) is 5.41 Å². The lowest BCUT2D eigenvalue weighted by molar-refractivity contribution is -0.121. The van der Waals surface area contributed by atoms with E-state index in [-0.39, 0.29) is 5.91 Å². The Hall–Kier alpha value is -0.570. The van der Waals surface area contributed by atoms with Gasteiger partial charge in [-0.15, -0.1) is 0 Å². The largest absolute Gasteiger partial charge is 0.356 e. The minimum absolute atomic E-state index is 0.180. The first-order valence-electron chi connectivity index (χ1n) is 5.64. The highest BCUT2D eigenvalue weighted by Crippen LogP contribution is 2.42. The van der Waals surface area contributed by atoms with E-state index >= 15 is 0 Å². The summed E-state index contributed by atoms with van der Waals surface area (Å²) in [4.78, 5) is 11.4. The summed E-state index contributed by atoms with van der Waals surface area (Å²) < 4.78 is 0. The average molecular weight is 198 g/mol. The van der Waals surface area contributed by atoms with Crippen LogP contribution in [0.15, 0.2) is 0 Å². The molecule has 0 aromatic heterocycles. The van der Waals surface area contributed by atoms with Crippen LogP contribution in [-0.4, -0.2) is 26.0 Å². The quantitative estimate of drug-likeness (QED) is 0.675. The molecule has 3 nitrogen and oxygen atoms in total. The summed E-state index contributed by atoms with van der Waals surface area (Å²) >= 11 is 0. The lowest BCUT2D eigenvalue weighted by Crippen LogP contribution is -2.42. The van der Waals surface area contributed by atoms with Gasteiger partial charge in [-0.2, -0.15) is 0 Å². The fourth-order valence-electron chi connectivity index (χ4n) is 1.95. The third-order valence-electron chi connectivity index (χ3n) is 3.43. The van der Waals surface area contributed by atoms with Crippen LogP contribution in [-0.2, 0) is 4.79 Å². The van der Waals surface area contributed by atoms with E-state index in [2.05, 4.69) is 17.6 Å². The van der Waals surface area contributed by atoms with E-state index in [1.807, 2.05) is 7.05 Å². The second-order valence-corrected chi connectivity index (χ2v) is 4.34. The van der Waals surface area contributed by atoms with Gasteiger partial charge in [0.25, 0.3) is 0 Å². The number of carbonyl (C=O) groups excluding carboxylic acids is 1. The van der Waals surface area contributed by atoms with Crippen molar-refractivity contribution >= 4 is 5.91 Å². The van der Waals surface area contributed by atoms with E-state index in [1.165, 1.54) is 25.7 Å². The molecule has 1 aliphatic rings. The summed E-state index contributed by atoms with van der Waals surface area (Å²) in [6.45, 7) is 3.87. The van der Waals surface area contributed by atoms with E-state index in [9.17, 15) is 4.79 Å². The molecule has 82 valence electrons. The fraction of sp³-hybridized carbons (Fsp3) is 0.909. The predicted molar refractivity (Wildman–Crippen MR) is 58.1 cm³/mol. The van der Waals surface area contributed by atoms with Crippen LogP contribution in [0.5, 0.6) is 0 Å². The van der Waals surface area contributed by atoms with Gasteiger partial charge in [0.15, 0.2) is 0 Å². The molecule has 0 radical (unpaired) electrons. The Morgan fingerprint density at radius 3 is 2.57 bits per heavy atom. The Morgan fingerprint density at radius 2 is 2.14 bits per heavy atom. The number of carbonyl (C=O) groups is 1. The third-order valence-corrected chi connectivity index (χ3v) is 3.43. The van der Waals surface area contributed by atoms with Gasteiger partial charge < -0.3 is 10.6 Å². The van der Waals surface area contributed by atoms with Crippen molar-refractivity contribution in [1.82, 2.24) is 10.6 Å². The first kappa shape index (κ1) is 11.5. The second kappa shape index (κ2) is 5.35. The zero-order valence-electron chi connectivity index (χ0n) is 9.36. The van der Waals surface area contributed by atoms with Crippen LogP contribution >= 0.6 is 0 Å². The third kappa shape index (κ3) is 2.98. The van der Waals surface area contributed by atoms with Gasteiger partial charge >= 0.3 is 0 Å². The van der Waals surface area contributed by atoms with Crippen LogP contribution in [0.4, 0.5) is 0 Å². The maximum atomic E-state index is 11.4. The summed E-state index contributed by atoms with van der Waals surface area (Å²) in [5, 5.41) is 6.01. The molecule has 0 aliphatic heterocycles. The molecule has 1 aliphatic carbocycles. The van der Waals surface area contributed by atoms with Gasteiger partial charge in [0.2, 0.25) is 5.91 Å². The van der Waals surface area contributed by atoms with Crippen LogP contribution in [0.3, 0.4) is 0 Å². The van der Waals surface area contributed by atoms with Crippen molar-refractivity contribution in [3.05, 3.63) is 0 Å². The highest BCUT2D eigenvalue weighted by atomic mass is 16.1. The molecule has 0 heterocycles. The Labute approximate surface area is 86.6 Å². The molecule has 0 saturated heterocycles. The molecule has 1 fully saturated rings. The Kier molecular flexibility index (Phi) is 4.39. The first-order valence-corrected chi connectivity index (χ1v) is 5.64. The van der Waals surface area contributed by atoms with Gasteiger partial charge in [-0.3, -0.25) is 4.79 Å². The van der Waals surface area contributed by atoms with Crippen molar-refractivity contribution in [1.29, 1.82) is 0 Å². The minimum atomic E-state index is 0.180. The number of rotatable bonds is 6. The van der Waals surface area contributed by atoms with Gasteiger partial charge in [-0.05, 0) is 31.7 Å². The second-order valence-electron chi connectivity index (χ2n) is 4.34. The lowest BCUT2D eigenvalue weighted by Gasteiger charge is -2.41. The Bertz CT molecular complexity index is 182. The summed E-state index contributed by atoms with van der Waals surface area (Å²) in [5.41, 5.74) is 0.440. The maximum Gasteiger partial charge on any atom is 0.221 e.